The molecular formula is C64H72N3OPt-. The summed E-state index contributed by atoms with van der Waals surface area (Å²) in [4.78, 5) is 10.4. The number of imidazole rings is 1. The molecular weight excluding hydrogens is 1020 g/mol. The number of aromatic nitrogens is 3. The number of hydrogen-bond donors (Lipinski definition) is 1. The van der Waals surface area contributed by atoms with Crippen LogP contribution >= 0.6 is 0 Å². The molecule has 2 aromatic heterocycles. The maximum absolute atomic E-state index is 12.5. The van der Waals surface area contributed by atoms with Crippen LogP contribution in [-0.4, -0.2) is 19.6 Å². The van der Waals surface area contributed by atoms with Crippen molar-refractivity contribution in [1.29, 1.82) is 0 Å². The van der Waals surface area contributed by atoms with Crippen molar-refractivity contribution in [1.82, 2.24) is 14.5 Å². The molecule has 0 saturated heterocycles. The van der Waals surface area contributed by atoms with Gasteiger partial charge in [0.2, 0.25) is 0 Å². The number of phenolic OH excluding ortho intramolecular Hbond substituents is 1. The summed E-state index contributed by atoms with van der Waals surface area (Å²) in [5.74, 6) is -1.22. The molecule has 0 bridgehead atoms. The van der Waals surface area contributed by atoms with E-state index in [4.69, 9.17) is 25.0 Å². The first-order valence-electron chi connectivity index (χ1n) is 29.0. The Morgan fingerprint density at radius 3 is 1.74 bits per heavy atom. The minimum absolute atomic E-state index is 0. The second-order valence-electron chi connectivity index (χ2n) is 21.8. The molecule has 0 fully saturated rings. The Hall–Kier alpha value is -5.57. The second-order valence-corrected chi connectivity index (χ2v) is 21.8. The maximum Gasteiger partial charge on any atom is 0.148 e. The fourth-order valence-electron chi connectivity index (χ4n) is 9.00. The van der Waals surface area contributed by atoms with E-state index in [1.54, 1.807) is 24.4 Å². The summed E-state index contributed by atoms with van der Waals surface area (Å²) in [6.45, 7) is 16.5. The van der Waals surface area contributed by atoms with Gasteiger partial charge in [0, 0.05) is 59.3 Å². The van der Waals surface area contributed by atoms with Crippen LogP contribution in [0, 0.1) is 6.07 Å². The molecule has 8 rings (SSSR count). The SMILES string of the molecule is [2H]C(C)(C)c1cccc(C([2H])(C)C)c1-c1ccc(-n2c(-c3cc(C(C)(C)C)cc(C(C)(C)C)c3O)nc3c(-c4[c-]c(-c5cc(-c6ccc(C(C([2H])([2H])[2H])(C([2H])([2H])[2H])C([2H])([2H])[2H])cc6)ccn5)cc(C(C)(C)C)c4)cccc32)cc1.[Pt]. The predicted molar refractivity (Wildman–Crippen MR) is 290 cm³/mol. The zero-order valence-electron chi connectivity index (χ0n) is 53.2. The molecule has 1 N–H and O–H groups in total. The quantitative estimate of drug-likeness (QED) is 0.154. The van der Waals surface area contributed by atoms with Crippen molar-refractivity contribution in [2.24, 2.45) is 0 Å². The van der Waals surface area contributed by atoms with Crippen molar-refractivity contribution < 1.29 is 41.3 Å². The monoisotopic (exact) mass is 1100 g/mol. The number of hydrogen-bond acceptors (Lipinski definition) is 3. The van der Waals surface area contributed by atoms with Crippen LogP contribution in [0.1, 0.15) is 171 Å². The third kappa shape index (κ3) is 10.3. The molecule has 4 nitrogen and oxygen atoms in total. The summed E-state index contributed by atoms with van der Waals surface area (Å²) in [6.07, 6.45) is 1.65. The molecule has 0 amide bonds. The van der Waals surface area contributed by atoms with E-state index in [2.05, 4.69) is 91.1 Å². The first-order chi connectivity index (χ1) is 36.2. The van der Waals surface area contributed by atoms with Gasteiger partial charge in [-0.15, -0.1) is 29.3 Å². The molecule has 0 spiro atoms. The van der Waals surface area contributed by atoms with Gasteiger partial charge < -0.3 is 5.11 Å². The zero-order chi connectivity index (χ0) is 58.6. The number of phenols is 1. The van der Waals surface area contributed by atoms with Crippen molar-refractivity contribution in [2.75, 3.05) is 0 Å². The molecule has 69 heavy (non-hydrogen) atoms. The fraction of sp³-hybridized carbons (Fsp3) is 0.344. The maximum atomic E-state index is 12.5. The Morgan fingerprint density at radius 2 is 1.16 bits per heavy atom. The van der Waals surface area contributed by atoms with Gasteiger partial charge in [0.1, 0.15) is 11.6 Å². The summed E-state index contributed by atoms with van der Waals surface area (Å²) in [5, 5.41) is 12.5. The van der Waals surface area contributed by atoms with Gasteiger partial charge >= 0.3 is 0 Å². The van der Waals surface area contributed by atoms with Gasteiger partial charge in [-0.3, -0.25) is 9.55 Å². The van der Waals surface area contributed by atoms with E-state index in [9.17, 15) is 5.11 Å². The fourth-order valence-corrected chi connectivity index (χ4v) is 9.00. The molecule has 0 saturated carbocycles. The van der Waals surface area contributed by atoms with Gasteiger partial charge in [-0.05, 0) is 108 Å². The van der Waals surface area contributed by atoms with E-state index in [1.807, 2.05) is 100 Å². The van der Waals surface area contributed by atoms with Gasteiger partial charge in [-0.1, -0.05) is 201 Å². The summed E-state index contributed by atoms with van der Waals surface area (Å²) >= 11 is 0. The normalized spacial score (nSPS) is 15.8. The molecule has 0 aliphatic carbocycles. The summed E-state index contributed by atoms with van der Waals surface area (Å²) in [5.41, 5.74) is 8.53. The molecule has 360 valence electrons. The third-order valence-corrected chi connectivity index (χ3v) is 13.0. The molecule has 0 atom stereocenters. The number of nitrogens with zero attached hydrogens (tertiary/aromatic N) is 3. The molecule has 2 heterocycles. The molecule has 0 aliphatic heterocycles. The van der Waals surface area contributed by atoms with E-state index in [0.717, 1.165) is 61.3 Å². The second kappa shape index (κ2) is 19.0. The summed E-state index contributed by atoms with van der Waals surface area (Å²) < 4.78 is 94.4. The van der Waals surface area contributed by atoms with Crippen LogP contribution in [0.4, 0.5) is 0 Å². The first kappa shape index (κ1) is 38.2. The van der Waals surface area contributed by atoms with E-state index >= 15 is 0 Å². The Kier molecular flexibility index (Phi) is 10.5. The minimum atomic E-state index is -3.38. The minimum Gasteiger partial charge on any atom is -0.507 e. The molecule has 5 heteroatoms. The number of aromatic hydroxyl groups is 1. The first-order valence-corrected chi connectivity index (χ1v) is 23.5. The van der Waals surface area contributed by atoms with Gasteiger partial charge in [0.05, 0.1) is 16.6 Å². The average Bonchev–Trinajstić information content (AvgIpc) is 3.71. The van der Waals surface area contributed by atoms with Gasteiger partial charge in [0.25, 0.3) is 0 Å². The van der Waals surface area contributed by atoms with E-state index in [0.29, 0.717) is 39.3 Å². The van der Waals surface area contributed by atoms with Crippen LogP contribution in [-0.2, 0) is 42.7 Å². The van der Waals surface area contributed by atoms with Crippen LogP contribution in [0.2, 0.25) is 0 Å². The van der Waals surface area contributed by atoms with Crippen LogP contribution < -0.4 is 0 Å². The zero-order valence-corrected chi connectivity index (χ0v) is 44.5. The van der Waals surface area contributed by atoms with Gasteiger partial charge in [0.15, 0.2) is 0 Å². The topological polar surface area (TPSA) is 50.9 Å². The Balaban J connectivity index is 0.00000924. The third-order valence-electron chi connectivity index (χ3n) is 13.0. The van der Waals surface area contributed by atoms with Crippen LogP contribution in [0.3, 0.4) is 0 Å². The van der Waals surface area contributed by atoms with Gasteiger partial charge in [-0.25, -0.2) is 4.98 Å². The molecule has 6 aromatic carbocycles. The van der Waals surface area contributed by atoms with E-state index < -0.39 is 43.2 Å². The van der Waals surface area contributed by atoms with Crippen LogP contribution in [0.25, 0.3) is 72.7 Å². The number of para-hydroxylation sites is 1. The van der Waals surface area contributed by atoms with Crippen molar-refractivity contribution >= 4 is 11.0 Å². The van der Waals surface area contributed by atoms with E-state index in [1.165, 1.54) is 12.1 Å². The Labute approximate surface area is 443 Å². The van der Waals surface area contributed by atoms with Crippen molar-refractivity contribution in [3.8, 4) is 67.5 Å². The molecule has 0 radical (unpaired) electrons. The smallest absolute Gasteiger partial charge is 0.148 e. The average molecular weight is 1110 g/mol. The number of pyridine rings is 1. The van der Waals surface area contributed by atoms with Crippen LogP contribution in [0.15, 0.2) is 128 Å². The number of rotatable bonds is 8. The molecule has 0 unspecified atom stereocenters. The largest absolute Gasteiger partial charge is 0.507 e. The summed E-state index contributed by atoms with van der Waals surface area (Å²) in [6, 6.07) is 41.4. The van der Waals surface area contributed by atoms with E-state index in [-0.39, 0.29) is 43.2 Å². The number of fused-ring (bicyclic) bond motifs is 1. The molecule has 0 aliphatic rings. The predicted octanol–water partition coefficient (Wildman–Crippen LogP) is 17.7. The standard InChI is InChI=1S/C64H72N3O.Pt/c1-39(2)50-19-17-20-51(40(3)4)57(50)42-25-29-49(30-26-42)67-56-22-18-21-52(58(56)66-60(67)53-37-48(63(11,12)13)38-54(59(53)68)64(14,15)16)44-33-45(35-47(34-44)62(8,9)10)55-36-43(31-32-65-55)41-23-27-46(28-24-41)61(5,6)7;/h17-32,34-40,68H,1-16H3;/q-1;/i5D3,6D3,7D3,39D,40D;. The Morgan fingerprint density at radius 1 is 0.580 bits per heavy atom. The van der Waals surface area contributed by atoms with Crippen molar-refractivity contribution in [2.45, 2.75) is 144 Å². The number of benzene rings is 6. The van der Waals surface area contributed by atoms with Crippen molar-refractivity contribution in [3.63, 3.8) is 0 Å². The Bertz CT molecular complexity index is 3530. The van der Waals surface area contributed by atoms with Gasteiger partial charge in [-0.2, -0.15) is 0 Å². The van der Waals surface area contributed by atoms with Crippen molar-refractivity contribution in [3.05, 3.63) is 167 Å². The van der Waals surface area contributed by atoms with Crippen LogP contribution in [0.5, 0.6) is 5.75 Å². The summed E-state index contributed by atoms with van der Waals surface area (Å²) in [7, 11) is 0. The molecule has 8 aromatic rings.